The van der Waals surface area contributed by atoms with Gasteiger partial charge in [-0.05, 0) is 90.5 Å². The van der Waals surface area contributed by atoms with E-state index >= 15 is 0 Å². The molecule has 0 atom stereocenters. The lowest BCUT2D eigenvalue weighted by Gasteiger charge is -2.25. The van der Waals surface area contributed by atoms with E-state index in [1.807, 2.05) is 53.3 Å². The number of rotatable bonds is 8. The van der Waals surface area contributed by atoms with E-state index in [1.54, 1.807) is 6.20 Å². The lowest BCUT2D eigenvalue weighted by molar-refractivity contribution is 0.967. The van der Waals surface area contributed by atoms with E-state index in [2.05, 4.69) is 137 Å². The van der Waals surface area contributed by atoms with Crippen molar-refractivity contribution in [3.63, 3.8) is 0 Å². The molecule has 0 saturated heterocycles. The van der Waals surface area contributed by atoms with Crippen LogP contribution in [0.3, 0.4) is 0 Å². The number of pyridine rings is 2. The van der Waals surface area contributed by atoms with Crippen LogP contribution in [0.1, 0.15) is 0 Å². The van der Waals surface area contributed by atoms with Crippen LogP contribution in [0.4, 0.5) is 28.4 Å². The second-order valence-electron chi connectivity index (χ2n) is 11.2. The first kappa shape index (κ1) is 28.0. The first-order valence-corrected chi connectivity index (χ1v) is 15.5. The largest absolute Gasteiger partial charge is 0.355 e. The summed E-state index contributed by atoms with van der Waals surface area (Å²) in [6.45, 7) is 0. The van der Waals surface area contributed by atoms with Crippen LogP contribution >= 0.6 is 0 Å². The molecule has 3 aromatic heterocycles. The minimum absolute atomic E-state index is 0.677. The van der Waals surface area contributed by atoms with Crippen molar-refractivity contribution in [3.8, 4) is 33.6 Å². The summed E-state index contributed by atoms with van der Waals surface area (Å²) in [5.41, 5.74) is 11.3. The maximum Gasteiger partial charge on any atom is 0.182 e. The Bertz CT molecular complexity index is 2210. The number of fused-ring (bicyclic) bond motifs is 1. The number of hydrogen-bond donors (Lipinski definition) is 1. The minimum Gasteiger partial charge on any atom is -0.355 e. The van der Waals surface area contributed by atoms with Crippen molar-refractivity contribution in [2.24, 2.45) is 0 Å². The van der Waals surface area contributed by atoms with Gasteiger partial charge in [0.1, 0.15) is 0 Å². The van der Waals surface area contributed by atoms with Gasteiger partial charge in [-0.15, -0.1) is 5.10 Å². The van der Waals surface area contributed by atoms with E-state index in [0.29, 0.717) is 5.82 Å². The van der Waals surface area contributed by atoms with Gasteiger partial charge in [0.05, 0.1) is 0 Å². The third-order valence-electron chi connectivity index (χ3n) is 8.15. The molecule has 6 nitrogen and oxygen atoms in total. The molecule has 0 saturated carbocycles. The van der Waals surface area contributed by atoms with Crippen LogP contribution in [0, 0.1) is 0 Å². The Hall–Kier alpha value is -6.53. The van der Waals surface area contributed by atoms with E-state index in [-0.39, 0.29) is 0 Å². The fourth-order valence-electron chi connectivity index (χ4n) is 5.87. The summed E-state index contributed by atoms with van der Waals surface area (Å²) in [4.78, 5) is 11.5. The Morgan fingerprint density at radius 1 is 0.511 bits per heavy atom. The van der Waals surface area contributed by atoms with Crippen LogP contribution < -0.4 is 10.2 Å². The van der Waals surface area contributed by atoms with Crippen molar-refractivity contribution in [2.45, 2.75) is 0 Å². The van der Waals surface area contributed by atoms with E-state index < -0.39 is 0 Å². The molecule has 0 spiro atoms. The van der Waals surface area contributed by atoms with Gasteiger partial charge < -0.3 is 10.2 Å². The number of para-hydroxylation sites is 3. The van der Waals surface area contributed by atoms with Gasteiger partial charge in [0.15, 0.2) is 11.5 Å². The summed E-state index contributed by atoms with van der Waals surface area (Å²) in [5, 5.41) is 8.39. The first-order chi connectivity index (χ1) is 23.3. The average Bonchev–Trinajstić information content (AvgIpc) is 3.59. The zero-order valence-corrected chi connectivity index (χ0v) is 25.5. The van der Waals surface area contributed by atoms with Crippen molar-refractivity contribution >= 4 is 34.1 Å². The molecule has 0 aliphatic rings. The van der Waals surface area contributed by atoms with Gasteiger partial charge in [-0.1, -0.05) is 72.8 Å². The zero-order valence-electron chi connectivity index (χ0n) is 25.5. The number of anilines is 5. The third-order valence-corrected chi connectivity index (χ3v) is 8.15. The van der Waals surface area contributed by atoms with Crippen LogP contribution in [0.15, 0.2) is 176 Å². The van der Waals surface area contributed by atoms with Gasteiger partial charge in [-0.3, -0.25) is 4.98 Å². The molecular formula is C41H30N6. The van der Waals surface area contributed by atoms with Crippen LogP contribution in [0.25, 0.3) is 39.3 Å². The number of benzene rings is 5. The summed E-state index contributed by atoms with van der Waals surface area (Å²) >= 11 is 0. The van der Waals surface area contributed by atoms with Crippen LogP contribution in [0.2, 0.25) is 0 Å². The molecule has 0 aliphatic heterocycles. The van der Waals surface area contributed by atoms with E-state index in [4.69, 9.17) is 10.1 Å². The predicted molar refractivity (Wildman–Crippen MR) is 191 cm³/mol. The van der Waals surface area contributed by atoms with Crippen molar-refractivity contribution in [1.82, 2.24) is 19.6 Å². The van der Waals surface area contributed by atoms with Crippen LogP contribution in [-0.4, -0.2) is 19.6 Å². The van der Waals surface area contributed by atoms with Crippen LogP contribution in [-0.2, 0) is 0 Å². The molecule has 8 aromatic rings. The third kappa shape index (κ3) is 5.72. The molecule has 5 aromatic carbocycles. The normalized spacial score (nSPS) is 11.0. The highest BCUT2D eigenvalue weighted by Crippen LogP contribution is 2.36. The second-order valence-corrected chi connectivity index (χ2v) is 11.2. The first-order valence-electron chi connectivity index (χ1n) is 15.5. The summed E-state index contributed by atoms with van der Waals surface area (Å²) in [6, 6.07) is 54.1. The van der Waals surface area contributed by atoms with E-state index in [0.717, 1.165) is 61.9 Å². The van der Waals surface area contributed by atoms with Crippen LogP contribution in [0.5, 0.6) is 0 Å². The molecule has 3 heterocycles. The van der Waals surface area contributed by atoms with Gasteiger partial charge in [-0.2, -0.15) is 0 Å². The highest BCUT2D eigenvalue weighted by atomic mass is 15.3. The highest BCUT2D eigenvalue weighted by molar-refractivity contribution is 5.83. The van der Waals surface area contributed by atoms with Gasteiger partial charge in [-0.25, -0.2) is 9.50 Å². The Kier molecular flexibility index (Phi) is 7.42. The molecular weight excluding hydrogens is 576 g/mol. The Labute approximate surface area is 273 Å². The second kappa shape index (κ2) is 12.5. The Balaban J connectivity index is 1.07. The molecule has 0 fully saturated rings. The number of nitrogens with zero attached hydrogens (tertiary/aromatic N) is 5. The van der Waals surface area contributed by atoms with Crippen molar-refractivity contribution < 1.29 is 0 Å². The topological polar surface area (TPSA) is 58.4 Å². The number of aromatic nitrogens is 4. The van der Waals surface area contributed by atoms with Gasteiger partial charge in [0.25, 0.3) is 0 Å². The lowest BCUT2D eigenvalue weighted by Crippen LogP contribution is -2.09. The quantitative estimate of drug-likeness (QED) is 0.186. The fraction of sp³-hybridized carbons (Fsp3) is 0. The summed E-state index contributed by atoms with van der Waals surface area (Å²) in [6.07, 6.45) is 5.61. The van der Waals surface area contributed by atoms with Crippen molar-refractivity contribution in [2.75, 3.05) is 10.2 Å². The zero-order chi connectivity index (χ0) is 31.4. The monoisotopic (exact) mass is 606 g/mol. The van der Waals surface area contributed by atoms with E-state index in [1.165, 1.54) is 0 Å². The molecule has 224 valence electrons. The molecule has 8 rings (SSSR count). The predicted octanol–water partition coefficient (Wildman–Crippen LogP) is 10.3. The van der Waals surface area contributed by atoms with Gasteiger partial charge >= 0.3 is 0 Å². The molecule has 0 aliphatic carbocycles. The SMILES string of the molecule is c1ccc(N(c2ccccc2)c2ccc(-c3cccn4nc(-c5ccc(Nc6ccccc6-c6cccnc6)cc5)nc34)cc2)cc1. The lowest BCUT2D eigenvalue weighted by atomic mass is 10.1. The van der Waals surface area contributed by atoms with Gasteiger partial charge in [0, 0.05) is 69.3 Å². The Morgan fingerprint density at radius 2 is 1.15 bits per heavy atom. The Morgan fingerprint density at radius 3 is 1.85 bits per heavy atom. The molecule has 6 heteroatoms. The average molecular weight is 607 g/mol. The van der Waals surface area contributed by atoms with E-state index in [9.17, 15) is 0 Å². The maximum atomic E-state index is 4.99. The highest BCUT2D eigenvalue weighted by Gasteiger charge is 2.15. The smallest absolute Gasteiger partial charge is 0.182 e. The molecule has 47 heavy (non-hydrogen) atoms. The standard InChI is InChI=1S/C41H30N6/c1-3-12-34(13-4-1)47(35-14-5-2-6-15-35)36-25-21-30(22-26-36)38-17-10-28-46-41(38)44-40(45-46)31-19-23-33(24-20-31)43-39-18-8-7-16-37(39)32-11-9-27-42-29-32/h1-29,43H. The van der Waals surface area contributed by atoms with Crippen molar-refractivity contribution in [3.05, 3.63) is 176 Å². The summed E-state index contributed by atoms with van der Waals surface area (Å²) < 4.78 is 1.86. The molecule has 1 N–H and O–H groups in total. The maximum absolute atomic E-state index is 4.99. The number of hydrogen-bond acceptors (Lipinski definition) is 5. The fourth-order valence-corrected chi connectivity index (χ4v) is 5.87. The summed E-state index contributed by atoms with van der Waals surface area (Å²) in [7, 11) is 0. The minimum atomic E-state index is 0.677. The molecule has 0 unspecified atom stereocenters. The molecule has 0 amide bonds. The molecule has 0 bridgehead atoms. The van der Waals surface area contributed by atoms with Gasteiger partial charge in [0.2, 0.25) is 0 Å². The summed E-state index contributed by atoms with van der Waals surface area (Å²) in [5.74, 6) is 0.677. The number of nitrogens with one attached hydrogen (secondary N) is 1. The molecule has 0 radical (unpaired) electrons. The van der Waals surface area contributed by atoms with Crippen molar-refractivity contribution in [1.29, 1.82) is 0 Å².